The van der Waals surface area contributed by atoms with Crippen molar-refractivity contribution in [2.45, 2.75) is 44.8 Å². The predicted molar refractivity (Wildman–Crippen MR) is 140 cm³/mol. The van der Waals surface area contributed by atoms with Gasteiger partial charge in [0, 0.05) is 55.7 Å². The number of nitrogens with zero attached hydrogens (tertiary/aromatic N) is 3. The van der Waals surface area contributed by atoms with E-state index in [2.05, 4.69) is 87.5 Å². The minimum Gasteiger partial charge on any atom is -0.487 e. The molecule has 0 bridgehead atoms. The van der Waals surface area contributed by atoms with Crippen LogP contribution in [0.5, 0.6) is 5.75 Å². The van der Waals surface area contributed by atoms with E-state index in [4.69, 9.17) is 4.74 Å². The molecule has 0 spiro atoms. The maximum absolute atomic E-state index is 6.19. The van der Waals surface area contributed by atoms with Gasteiger partial charge in [0.15, 0.2) is 0 Å². The lowest BCUT2D eigenvalue weighted by molar-refractivity contribution is 0.310. The molecule has 3 heterocycles. The van der Waals surface area contributed by atoms with E-state index in [9.17, 15) is 0 Å². The molecule has 6 rings (SSSR count). The van der Waals surface area contributed by atoms with Crippen LogP contribution in [0.2, 0.25) is 0 Å². The van der Waals surface area contributed by atoms with Gasteiger partial charge < -0.3 is 19.4 Å². The Morgan fingerprint density at radius 1 is 0.765 bits per heavy atom. The number of rotatable bonds is 5. The molecule has 176 valence electrons. The van der Waals surface area contributed by atoms with Gasteiger partial charge in [-0.3, -0.25) is 0 Å². The molecule has 0 N–H and O–H groups in total. The average molecular weight is 454 g/mol. The monoisotopic (exact) mass is 453 g/mol. The Balaban J connectivity index is 1.13. The van der Waals surface area contributed by atoms with Crippen LogP contribution in [0.15, 0.2) is 72.8 Å². The minimum atomic E-state index is 0.463. The van der Waals surface area contributed by atoms with Crippen LogP contribution in [0.1, 0.15) is 36.8 Å². The smallest absolute Gasteiger partial charge is 0.143 e. The summed E-state index contributed by atoms with van der Waals surface area (Å²) in [6, 6.07) is 27.1. The predicted octanol–water partition coefficient (Wildman–Crippen LogP) is 6.02. The van der Waals surface area contributed by atoms with Crippen molar-refractivity contribution in [3.05, 3.63) is 83.9 Å². The average Bonchev–Trinajstić information content (AvgIpc) is 3.30. The quantitative estimate of drug-likeness (QED) is 0.470. The molecular formula is C30H35N3O. The minimum absolute atomic E-state index is 0.463. The largest absolute Gasteiger partial charge is 0.487 e. The third-order valence-corrected chi connectivity index (χ3v) is 7.75. The van der Waals surface area contributed by atoms with Gasteiger partial charge in [0.1, 0.15) is 12.4 Å². The molecule has 0 aliphatic carbocycles. The molecule has 0 amide bonds. The van der Waals surface area contributed by atoms with Crippen molar-refractivity contribution in [1.82, 2.24) is 4.90 Å². The van der Waals surface area contributed by atoms with Gasteiger partial charge in [-0.1, -0.05) is 42.5 Å². The van der Waals surface area contributed by atoms with Crippen molar-refractivity contribution < 1.29 is 4.74 Å². The van der Waals surface area contributed by atoms with Crippen molar-refractivity contribution in [1.29, 1.82) is 0 Å². The fourth-order valence-corrected chi connectivity index (χ4v) is 5.86. The maximum Gasteiger partial charge on any atom is 0.143 e. The van der Waals surface area contributed by atoms with Gasteiger partial charge in [-0.2, -0.15) is 0 Å². The molecular weight excluding hydrogens is 418 g/mol. The van der Waals surface area contributed by atoms with Crippen molar-refractivity contribution >= 4 is 17.1 Å². The number of hydrogen-bond donors (Lipinski definition) is 0. The van der Waals surface area contributed by atoms with E-state index in [1.807, 2.05) is 0 Å². The molecule has 1 atom stereocenters. The van der Waals surface area contributed by atoms with Crippen molar-refractivity contribution in [2.75, 3.05) is 42.5 Å². The first kappa shape index (κ1) is 21.5. The summed E-state index contributed by atoms with van der Waals surface area (Å²) in [5.74, 6) is 0.992. The Labute approximate surface area is 203 Å². The molecule has 0 saturated carbocycles. The maximum atomic E-state index is 6.19. The van der Waals surface area contributed by atoms with E-state index in [1.165, 1.54) is 67.0 Å². The van der Waals surface area contributed by atoms with E-state index >= 15 is 0 Å². The summed E-state index contributed by atoms with van der Waals surface area (Å²) < 4.78 is 6.19. The molecule has 0 aromatic heterocycles. The highest BCUT2D eigenvalue weighted by molar-refractivity contribution is 5.73. The second-order valence-corrected chi connectivity index (χ2v) is 9.96. The Morgan fingerprint density at radius 3 is 2.38 bits per heavy atom. The number of ether oxygens (including phenoxy) is 1. The standard InChI is InChI=1S/C30H35N3O/c1-6-18-32(19-7-1)26-14-12-24(13-15-26)16-20-31-21-17-27(22-31)33-28-9-3-2-8-25(28)23-34-30-11-5-4-10-29(30)33/h2-5,8-15,27H,1,6-7,16-23H2. The van der Waals surface area contributed by atoms with Gasteiger partial charge in [0.05, 0.1) is 5.69 Å². The molecule has 3 aromatic rings. The Hall–Kier alpha value is -2.98. The van der Waals surface area contributed by atoms with Crippen LogP contribution >= 0.6 is 0 Å². The van der Waals surface area contributed by atoms with Crippen LogP contribution in [-0.4, -0.2) is 43.7 Å². The van der Waals surface area contributed by atoms with Gasteiger partial charge in [-0.05, 0) is 68.0 Å². The summed E-state index contributed by atoms with van der Waals surface area (Å²) in [6.45, 7) is 6.41. The van der Waals surface area contributed by atoms with Crippen LogP contribution in [-0.2, 0) is 13.0 Å². The molecule has 4 heteroatoms. The van der Waals surface area contributed by atoms with Crippen molar-refractivity contribution in [2.24, 2.45) is 0 Å². The van der Waals surface area contributed by atoms with E-state index in [-0.39, 0.29) is 0 Å². The molecule has 2 fully saturated rings. The van der Waals surface area contributed by atoms with Crippen molar-refractivity contribution in [3.63, 3.8) is 0 Å². The summed E-state index contributed by atoms with van der Waals surface area (Å²) >= 11 is 0. The van der Waals surface area contributed by atoms with Gasteiger partial charge in [-0.15, -0.1) is 0 Å². The first-order chi connectivity index (χ1) is 16.8. The van der Waals surface area contributed by atoms with Crippen LogP contribution in [0, 0.1) is 0 Å². The highest BCUT2D eigenvalue weighted by Gasteiger charge is 2.32. The van der Waals surface area contributed by atoms with E-state index in [0.29, 0.717) is 12.6 Å². The normalized spacial score (nSPS) is 20.4. The Bertz CT molecular complexity index is 1060. The fraction of sp³-hybridized carbons (Fsp3) is 0.400. The van der Waals surface area contributed by atoms with Gasteiger partial charge in [0.25, 0.3) is 0 Å². The summed E-state index contributed by atoms with van der Waals surface area (Å²) in [4.78, 5) is 7.73. The third kappa shape index (κ3) is 4.39. The number of anilines is 3. The lowest BCUT2D eigenvalue weighted by atomic mass is 10.1. The second-order valence-electron chi connectivity index (χ2n) is 9.96. The van der Waals surface area contributed by atoms with Crippen LogP contribution < -0.4 is 14.5 Å². The van der Waals surface area contributed by atoms with Gasteiger partial charge in [-0.25, -0.2) is 0 Å². The SMILES string of the molecule is c1ccc2c(c1)COc1ccccc1N2C1CCN(CCc2ccc(N3CCCCC3)cc2)C1. The molecule has 2 saturated heterocycles. The third-order valence-electron chi connectivity index (χ3n) is 7.75. The Morgan fingerprint density at radius 2 is 1.53 bits per heavy atom. The lowest BCUT2D eigenvalue weighted by Gasteiger charge is -2.32. The molecule has 3 aliphatic rings. The zero-order valence-corrected chi connectivity index (χ0v) is 20.0. The van der Waals surface area contributed by atoms with E-state index < -0.39 is 0 Å². The highest BCUT2D eigenvalue weighted by atomic mass is 16.5. The zero-order chi connectivity index (χ0) is 22.7. The molecule has 4 nitrogen and oxygen atoms in total. The van der Waals surface area contributed by atoms with E-state index in [1.54, 1.807) is 0 Å². The van der Waals surface area contributed by atoms with Crippen LogP contribution in [0.3, 0.4) is 0 Å². The highest BCUT2D eigenvalue weighted by Crippen LogP contribution is 2.42. The second kappa shape index (κ2) is 9.71. The van der Waals surface area contributed by atoms with Crippen LogP contribution in [0.4, 0.5) is 17.1 Å². The molecule has 0 radical (unpaired) electrons. The lowest BCUT2D eigenvalue weighted by Crippen LogP contribution is -2.35. The Kier molecular flexibility index (Phi) is 6.15. The number of benzene rings is 3. The molecule has 34 heavy (non-hydrogen) atoms. The van der Waals surface area contributed by atoms with Gasteiger partial charge in [0.2, 0.25) is 0 Å². The first-order valence-corrected chi connectivity index (χ1v) is 13.0. The number of fused-ring (bicyclic) bond motifs is 2. The summed E-state index contributed by atoms with van der Waals surface area (Å²) in [7, 11) is 0. The molecule has 3 aromatic carbocycles. The number of hydrogen-bond acceptors (Lipinski definition) is 4. The van der Waals surface area contributed by atoms with E-state index in [0.717, 1.165) is 31.8 Å². The summed E-state index contributed by atoms with van der Waals surface area (Å²) in [5.41, 5.74) is 6.61. The van der Waals surface area contributed by atoms with Crippen molar-refractivity contribution in [3.8, 4) is 5.75 Å². The summed E-state index contributed by atoms with van der Waals surface area (Å²) in [6.07, 6.45) is 6.33. The fourth-order valence-electron chi connectivity index (χ4n) is 5.86. The van der Waals surface area contributed by atoms with Gasteiger partial charge >= 0.3 is 0 Å². The number of piperidine rings is 1. The first-order valence-electron chi connectivity index (χ1n) is 13.0. The summed E-state index contributed by atoms with van der Waals surface area (Å²) in [5, 5.41) is 0. The van der Waals surface area contributed by atoms with Crippen LogP contribution in [0.25, 0.3) is 0 Å². The zero-order valence-electron chi connectivity index (χ0n) is 20.0. The molecule has 3 aliphatic heterocycles. The molecule has 1 unspecified atom stereocenters. The number of likely N-dealkylation sites (tertiary alicyclic amines) is 1. The number of para-hydroxylation sites is 3. The topological polar surface area (TPSA) is 19.0 Å².